The van der Waals surface area contributed by atoms with Crippen molar-refractivity contribution in [3.8, 4) is 0 Å². The van der Waals surface area contributed by atoms with Crippen molar-refractivity contribution < 1.29 is 8.60 Å². The Labute approximate surface area is 124 Å². The van der Waals surface area contributed by atoms with Gasteiger partial charge in [0.25, 0.3) is 0 Å². The Balaban J connectivity index is 1.99. The Morgan fingerprint density at radius 3 is 2.81 bits per heavy atom. The van der Waals surface area contributed by atoms with E-state index in [2.05, 4.69) is 4.98 Å². The van der Waals surface area contributed by atoms with E-state index in [9.17, 15) is 8.60 Å². The molecule has 0 radical (unpaired) electrons. The van der Waals surface area contributed by atoms with Gasteiger partial charge in [-0.2, -0.15) is 0 Å². The minimum Gasteiger partial charge on any atom is -0.398 e. The normalized spacial score (nSPS) is 12.4. The molecule has 3 nitrogen and oxygen atoms in total. The highest BCUT2D eigenvalue weighted by molar-refractivity contribution is 7.84. The van der Waals surface area contributed by atoms with Crippen LogP contribution in [0.5, 0.6) is 0 Å². The summed E-state index contributed by atoms with van der Waals surface area (Å²) in [5, 5.41) is 0.985. The third-order valence-electron chi connectivity index (χ3n) is 3.22. The maximum atomic E-state index is 13.3. The third kappa shape index (κ3) is 2.78. The molecule has 21 heavy (non-hydrogen) atoms. The Morgan fingerprint density at radius 1 is 1.14 bits per heavy atom. The van der Waals surface area contributed by atoms with E-state index in [0.717, 1.165) is 16.5 Å². The van der Waals surface area contributed by atoms with Gasteiger partial charge in [0.05, 0.1) is 27.0 Å². The van der Waals surface area contributed by atoms with Crippen molar-refractivity contribution in [2.75, 3.05) is 5.73 Å². The van der Waals surface area contributed by atoms with E-state index in [-0.39, 0.29) is 5.75 Å². The molecule has 1 heterocycles. The van der Waals surface area contributed by atoms with Gasteiger partial charge in [-0.25, -0.2) is 4.39 Å². The molecule has 1 atom stereocenters. The average molecular weight is 300 g/mol. The fourth-order valence-corrected chi connectivity index (χ4v) is 3.45. The first-order valence-corrected chi connectivity index (χ1v) is 7.73. The van der Waals surface area contributed by atoms with Crippen LogP contribution in [0.15, 0.2) is 59.6 Å². The second-order valence-corrected chi connectivity index (χ2v) is 6.08. The van der Waals surface area contributed by atoms with Crippen molar-refractivity contribution in [3.63, 3.8) is 0 Å². The number of aromatic nitrogens is 1. The first-order valence-electron chi connectivity index (χ1n) is 6.41. The monoisotopic (exact) mass is 300 g/mol. The second kappa shape index (κ2) is 5.61. The number of pyridine rings is 1. The fourth-order valence-electron chi connectivity index (χ4n) is 2.21. The molecule has 0 saturated carbocycles. The number of para-hydroxylation sites is 1. The van der Waals surface area contributed by atoms with Gasteiger partial charge in [-0.1, -0.05) is 24.3 Å². The lowest BCUT2D eigenvalue weighted by Crippen LogP contribution is -2.02. The minimum absolute atomic E-state index is 0.252. The zero-order valence-corrected chi connectivity index (χ0v) is 11.9. The molecule has 2 N–H and O–H groups in total. The molecular formula is C16H13FN2OS. The van der Waals surface area contributed by atoms with Crippen LogP contribution in [0.2, 0.25) is 0 Å². The second-order valence-electron chi connectivity index (χ2n) is 4.66. The van der Waals surface area contributed by atoms with E-state index in [1.807, 2.05) is 30.3 Å². The van der Waals surface area contributed by atoms with Crippen molar-refractivity contribution in [2.45, 2.75) is 10.6 Å². The molecule has 0 bridgehead atoms. The Bertz CT molecular complexity index is 830. The van der Waals surface area contributed by atoms with Crippen LogP contribution in [-0.2, 0) is 16.6 Å². The van der Waals surface area contributed by atoms with Crippen molar-refractivity contribution in [2.24, 2.45) is 0 Å². The minimum atomic E-state index is -1.42. The van der Waals surface area contributed by atoms with Gasteiger partial charge in [0.15, 0.2) is 0 Å². The van der Waals surface area contributed by atoms with Crippen molar-refractivity contribution in [3.05, 3.63) is 66.1 Å². The molecule has 0 amide bonds. The predicted octanol–water partition coefficient (Wildman–Crippen LogP) is 3.26. The van der Waals surface area contributed by atoms with Crippen LogP contribution in [0.1, 0.15) is 5.56 Å². The Hall–Kier alpha value is -2.27. The number of hydrogen-bond donors (Lipinski definition) is 1. The molecule has 0 aliphatic carbocycles. The van der Waals surface area contributed by atoms with Gasteiger partial charge in [0.2, 0.25) is 0 Å². The number of benzene rings is 2. The zero-order valence-electron chi connectivity index (χ0n) is 11.1. The summed E-state index contributed by atoms with van der Waals surface area (Å²) < 4.78 is 25.8. The van der Waals surface area contributed by atoms with Crippen LogP contribution in [0.4, 0.5) is 10.1 Å². The molecule has 2 aromatic carbocycles. The van der Waals surface area contributed by atoms with Crippen molar-refractivity contribution in [1.82, 2.24) is 4.98 Å². The van der Waals surface area contributed by atoms with Gasteiger partial charge in [0.1, 0.15) is 5.82 Å². The van der Waals surface area contributed by atoms with Crippen LogP contribution in [0, 0.1) is 5.82 Å². The van der Waals surface area contributed by atoms with E-state index in [1.165, 1.54) is 18.2 Å². The number of nitrogens with two attached hydrogens (primary N) is 1. The molecule has 0 aliphatic heterocycles. The highest BCUT2D eigenvalue weighted by Gasteiger charge is 2.12. The molecule has 0 aliphatic rings. The Kier molecular flexibility index (Phi) is 3.66. The predicted molar refractivity (Wildman–Crippen MR) is 82.7 cm³/mol. The Morgan fingerprint density at radius 2 is 1.95 bits per heavy atom. The summed E-state index contributed by atoms with van der Waals surface area (Å²) in [6.45, 7) is 0. The van der Waals surface area contributed by atoms with Gasteiger partial charge in [-0.15, -0.1) is 0 Å². The molecular weight excluding hydrogens is 287 g/mol. The number of halogens is 1. The fraction of sp³-hybridized carbons (Fsp3) is 0.0625. The lowest BCUT2D eigenvalue weighted by atomic mass is 10.1. The van der Waals surface area contributed by atoms with Crippen LogP contribution in [0.3, 0.4) is 0 Å². The highest BCUT2D eigenvalue weighted by Crippen LogP contribution is 2.23. The molecule has 1 aromatic heterocycles. The lowest BCUT2D eigenvalue weighted by Gasteiger charge is -2.08. The highest BCUT2D eigenvalue weighted by atomic mass is 32.2. The maximum absolute atomic E-state index is 13.3. The largest absolute Gasteiger partial charge is 0.398 e. The molecule has 5 heteroatoms. The SMILES string of the molecule is Nc1ccc(F)cc1S(=O)Cc1cccc2cccnc12. The molecule has 106 valence electrons. The number of fused-ring (bicyclic) bond motifs is 1. The van der Waals surface area contributed by atoms with Crippen LogP contribution in [0.25, 0.3) is 10.9 Å². The number of hydrogen-bond acceptors (Lipinski definition) is 3. The quantitative estimate of drug-likeness (QED) is 0.755. The van der Waals surface area contributed by atoms with Gasteiger partial charge in [-0.05, 0) is 29.8 Å². The first-order chi connectivity index (χ1) is 10.1. The molecule has 0 saturated heterocycles. The summed E-state index contributed by atoms with van der Waals surface area (Å²) >= 11 is 0. The summed E-state index contributed by atoms with van der Waals surface area (Å²) in [5.41, 5.74) is 7.78. The molecule has 3 rings (SSSR count). The lowest BCUT2D eigenvalue weighted by molar-refractivity contribution is 0.623. The van der Waals surface area contributed by atoms with Crippen LogP contribution >= 0.6 is 0 Å². The zero-order chi connectivity index (χ0) is 14.8. The van der Waals surface area contributed by atoms with E-state index < -0.39 is 16.6 Å². The van der Waals surface area contributed by atoms with Gasteiger partial charge in [-0.3, -0.25) is 9.19 Å². The number of nitrogens with zero attached hydrogens (tertiary/aromatic N) is 1. The van der Waals surface area contributed by atoms with Crippen LogP contribution in [-0.4, -0.2) is 9.19 Å². The topological polar surface area (TPSA) is 56.0 Å². The average Bonchev–Trinajstić information content (AvgIpc) is 2.50. The van der Waals surface area contributed by atoms with E-state index in [0.29, 0.717) is 10.6 Å². The summed E-state index contributed by atoms with van der Waals surface area (Å²) in [5.74, 6) is -0.189. The van der Waals surface area contributed by atoms with E-state index >= 15 is 0 Å². The molecule has 3 aromatic rings. The molecule has 0 spiro atoms. The maximum Gasteiger partial charge on any atom is 0.124 e. The molecule has 0 fully saturated rings. The summed E-state index contributed by atoms with van der Waals surface area (Å²) in [6.07, 6.45) is 1.70. The van der Waals surface area contributed by atoms with E-state index in [1.54, 1.807) is 6.20 Å². The van der Waals surface area contributed by atoms with Gasteiger partial charge >= 0.3 is 0 Å². The summed E-state index contributed by atoms with van der Waals surface area (Å²) in [4.78, 5) is 4.65. The molecule has 1 unspecified atom stereocenters. The first kappa shape index (κ1) is 13.7. The van der Waals surface area contributed by atoms with Gasteiger partial charge < -0.3 is 5.73 Å². The van der Waals surface area contributed by atoms with Gasteiger partial charge in [0, 0.05) is 17.3 Å². The summed E-state index contributed by atoms with van der Waals surface area (Å²) in [7, 11) is -1.42. The number of anilines is 1. The van der Waals surface area contributed by atoms with Crippen LogP contribution < -0.4 is 5.73 Å². The van der Waals surface area contributed by atoms with Crippen molar-refractivity contribution in [1.29, 1.82) is 0 Å². The summed E-state index contributed by atoms with van der Waals surface area (Å²) in [6, 6.07) is 13.4. The smallest absolute Gasteiger partial charge is 0.124 e. The standard InChI is InChI=1S/C16H13FN2OS/c17-13-6-7-14(18)15(9-13)21(20)10-12-4-1-3-11-5-2-8-19-16(11)12/h1-9H,10,18H2. The number of rotatable bonds is 3. The van der Waals surface area contributed by atoms with E-state index in [4.69, 9.17) is 5.73 Å². The third-order valence-corrected chi connectivity index (χ3v) is 4.64. The number of nitrogen functional groups attached to an aromatic ring is 1. The van der Waals surface area contributed by atoms with Crippen molar-refractivity contribution >= 4 is 27.4 Å².